The highest BCUT2D eigenvalue weighted by Crippen LogP contribution is 1.56. The van der Waals surface area contributed by atoms with Gasteiger partial charge in [0.15, 0.2) is 0 Å². The average molecular weight is 135 g/mol. The van der Waals surface area contributed by atoms with Crippen LogP contribution in [0.4, 0.5) is 0 Å². The molecule has 9 heavy (non-hydrogen) atoms. The van der Waals surface area contributed by atoms with Crippen LogP contribution in [0.5, 0.6) is 0 Å². The number of rotatable bonds is 0. The third-order valence-corrected chi connectivity index (χ3v) is 0. The summed E-state index contributed by atoms with van der Waals surface area (Å²) in [7, 11) is 0. The van der Waals surface area contributed by atoms with Crippen molar-refractivity contribution in [2.75, 3.05) is 0 Å². The smallest absolute Gasteiger partial charge is 0 e. The predicted molar refractivity (Wildman–Crippen MR) is 50.0 cm³/mol. The Bertz CT molecular complexity index is 9.44. The van der Waals surface area contributed by atoms with E-state index in [1.165, 1.54) is 19.3 Å². The highest BCUT2D eigenvalue weighted by Gasteiger charge is 1.36. The molecule has 0 aromatic heterocycles. The number of hydrogen-bond donors (Lipinski definition) is 0. The quantitative estimate of drug-likeness (QED) is 0.459. The standard InChI is InChI=1S/3C3H8.H2/c3*1-3-2;/h3*3H2,1-2H3;1H/i;;;1+1. The highest BCUT2D eigenvalue weighted by atomic mass is 13.4. The second kappa shape index (κ2) is 43.6. The number of hydrogen-bond acceptors (Lipinski definition) is 0. The van der Waals surface area contributed by atoms with Gasteiger partial charge < -0.3 is 0 Å². The molecule has 0 saturated carbocycles. The van der Waals surface area contributed by atoms with Crippen LogP contribution < -0.4 is 0 Å². The van der Waals surface area contributed by atoms with Gasteiger partial charge in [0.1, 0.15) is 0 Å². The molecule has 0 heterocycles. The van der Waals surface area contributed by atoms with Gasteiger partial charge in [0.2, 0.25) is 0 Å². The lowest BCUT2D eigenvalue weighted by atomic mass is 10.6. The molecule has 0 rings (SSSR count). The van der Waals surface area contributed by atoms with E-state index in [1.54, 1.807) is 0 Å². The molecule has 0 aliphatic rings. The Labute approximate surface area is 63.2 Å². The zero-order chi connectivity index (χ0) is 8.12. The van der Waals surface area contributed by atoms with Gasteiger partial charge in [0.25, 0.3) is 0 Å². The maximum atomic E-state index is 2.12. The fourth-order valence-corrected chi connectivity index (χ4v) is 0. The van der Waals surface area contributed by atoms with Gasteiger partial charge in [-0.15, -0.1) is 0 Å². The third kappa shape index (κ3) is 0. The Kier molecular flexibility index (Phi) is 77.4. The van der Waals surface area contributed by atoms with E-state index >= 15 is 0 Å². The topological polar surface area (TPSA) is 0 Å². The predicted octanol–water partition coefficient (Wildman–Crippen LogP) is 4.49. The van der Waals surface area contributed by atoms with E-state index in [1.807, 2.05) is 0 Å². The molecule has 0 fully saturated rings. The van der Waals surface area contributed by atoms with Crippen LogP contribution in [0.1, 0.15) is 62.2 Å². The normalized spacial score (nSPS) is 6.00. The van der Waals surface area contributed by atoms with Crippen molar-refractivity contribution in [3.63, 3.8) is 0 Å². The van der Waals surface area contributed by atoms with E-state index in [9.17, 15) is 0 Å². The molecule has 0 aromatic carbocycles. The zero-order valence-corrected chi connectivity index (χ0v) is 8.12. The third-order valence-electron chi connectivity index (χ3n) is 0. The Morgan fingerprint density at radius 2 is 0.556 bits per heavy atom. The first-order valence-corrected chi connectivity index (χ1v) is 4.24. The maximum absolute atomic E-state index is 2.12. The molecule has 0 aliphatic heterocycles. The van der Waals surface area contributed by atoms with E-state index < -0.39 is 0 Å². The summed E-state index contributed by atoms with van der Waals surface area (Å²) in [6.07, 6.45) is 3.75. The summed E-state index contributed by atoms with van der Waals surface area (Å²) < 4.78 is 0. The Morgan fingerprint density at radius 3 is 0.556 bits per heavy atom. The monoisotopic (exact) mass is 135 g/mol. The van der Waals surface area contributed by atoms with Crippen molar-refractivity contribution in [2.24, 2.45) is 0 Å². The summed E-state index contributed by atoms with van der Waals surface area (Å²) in [6, 6.07) is 0. The van der Waals surface area contributed by atoms with Gasteiger partial charge in [-0.3, -0.25) is 0 Å². The van der Waals surface area contributed by atoms with Crippen LogP contribution in [0.2, 0.25) is 0 Å². The largest absolute Gasteiger partial charge is 0.0656 e. The molecule has 0 radical (unpaired) electrons. The first-order chi connectivity index (χ1) is 4.24. The summed E-state index contributed by atoms with van der Waals surface area (Å²) in [5, 5.41) is 0. The van der Waals surface area contributed by atoms with Gasteiger partial charge in [0, 0.05) is 1.43 Å². The van der Waals surface area contributed by atoms with Gasteiger partial charge >= 0.3 is 0 Å². The van der Waals surface area contributed by atoms with Crippen LogP contribution in [0.15, 0.2) is 0 Å². The fourth-order valence-electron chi connectivity index (χ4n) is 0. The molecule has 0 amide bonds. The van der Waals surface area contributed by atoms with Crippen LogP contribution in [0.25, 0.3) is 0 Å². The van der Waals surface area contributed by atoms with Crippen molar-refractivity contribution in [3.8, 4) is 0 Å². The summed E-state index contributed by atoms with van der Waals surface area (Å²) in [5.41, 5.74) is 0. The van der Waals surface area contributed by atoms with Crippen molar-refractivity contribution >= 4 is 0 Å². The first-order valence-electron chi connectivity index (χ1n) is 4.24. The molecular formula is C9H26. The molecular weight excluding hydrogens is 108 g/mol. The van der Waals surface area contributed by atoms with Crippen LogP contribution in [-0.2, 0) is 0 Å². The SMILES string of the molecule is CCC.CCC.CCC.[2HH]. The average Bonchev–Trinajstić information content (AvgIpc) is 1.70. The lowest BCUT2D eigenvalue weighted by Crippen LogP contribution is -1.27. The van der Waals surface area contributed by atoms with Gasteiger partial charge in [-0.2, -0.15) is 0 Å². The molecule has 0 atom stereocenters. The lowest BCUT2D eigenvalue weighted by Gasteiger charge is -1.48. The van der Waals surface area contributed by atoms with E-state index in [2.05, 4.69) is 41.5 Å². The Balaban J connectivity index is -0.0000000257. The molecule has 0 N–H and O–H groups in total. The van der Waals surface area contributed by atoms with Crippen molar-refractivity contribution in [1.82, 2.24) is 0 Å². The minimum atomic E-state index is 0. The van der Waals surface area contributed by atoms with Crippen LogP contribution in [0.3, 0.4) is 0 Å². The van der Waals surface area contributed by atoms with Gasteiger partial charge in [-0.05, 0) is 0 Å². The second-order valence-electron chi connectivity index (χ2n) is 2.12. The maximum Gasteiger partial charge on any atom is 0 e. The lowest BCUT2D eigenvalue weighted by molar-refractivity contribution is 1.09. The minimum absolute atomic E-state index is 0. The molecule has 0 aliphatic carbocycles. The molecule has 0 aromatic rings. The Hall–Kier alpha value is 0. The van der Waals surface area contributed by atoms with E-state index in [0.29, 0.717) is 0 Å². The van der Waals surface area contributed by atoms with Gasteiger partial charge in [-0.1, -0.05) is 60.8 Å². The van der Waals surface area contributed by atoms with Crippen molar-refractivity contribution in [1.29, 1.82) is 0 Å². The summed E-state index contributed by atoms with van der Waals surface area (Å²) in [4.78, 5) is 0. The molecule has 0 heteroatoms. The van der Waals surface area contributed by atoms with E-state index in [0.717, 1.165) is 0 Å². The summed E-state index contributed by atoms with van der Waals surface area (Å²) in [5.74, 6) is 0. The second-order valence-corrected chi connectivity index (χ2v) is 2.12. The highest BCUT2D eigenvalue weighted by molar-refractivity contribution is 3.92. The first kappa shape index (κ1) is 16.0. The van der Waals surface area contributed by atoms with Crippen molar-refractivity contribution in [2.45, 2.75) is 60.8 Å². The van der Waals surface area contributed by atoms with Crippen LogP contribution >= 0.6 is 0 Å². The summed E-state index contributed by atoms with van der Waals surface area (Å²) in [6.45, 7) is 12.8. The molecule has 62 valence electrons. The molecule has 0 spiro atoms. The molecule has 0 nitrogen and oxygen atoms in total. The van der Waals surface area contributed by atoms with Gasteiger partial charge in [0.05, 0.1) is 0 Å². The molecule has 0 bridgehead atoms. The summed E-state index contributed by atoms with van der Waals surface area (Å²) >= 11 is 0. The van der Waals surface area contributed by atoms with Crippen LogP contribution in [-0.4, -0.2) is 0 Å². The van der Waals surface area contributed by atoms with Crippen molar-refractivity contribution < 1.29 is 1.43 Å². The minimum Gasteiger partial charge on any atom is -0.0656 e. The van der Waals surface area contributed by atoms with E-state index in [-0.39, 0.29) is 1.43 Å². The van der Waals surface area contributed by atoms with E-state index in [4.69, 9.17) is 0 Å². The Morgan fingerprint density at radius 1 is 0.556 bits per heavy atom. The van der Waals surface area contributed by atoms with Crippen molar-refractivity contribution in [3.05, 3.63) is 0 Å². The zero-order valence-electron chi connectivity index (χ0n) is 8.12. The fraction of sp³-hybridized carbons (Fsp3) is 1.00. The molecule has 0 saturated heterocycles. The van der Waals surface area contributed by atoms with Gasteiger partial charge in [-0.25, -0.2) is 0 Å². The van der Waals surface area contributed by atoms with Crippen LogP contribution in [0, 0.1) is 0 Å². The molecule has 0 unspecified atom stereocenters.